The van der Waals surface area contributed by atoms with Gasteiger partial charge in [-0.1, -0.05) is 0 Å². The lowest BCUT2D eigenvalue weighted by Crippen LogP contribution is -2.33. The van der Waals surface area contributed by atoms with Crippen LogP contribution in [-0.2, 0) is 20.9 Å². The highest BCUT2D eigenvalue weighted by Crippen LogP contribution is 2.36. The van der Waals surface area contributed by atoms with Gasteiger partial charge in [-0.05, 0) is 36.5 Å². The fraction of sp³-hybridized carbons (Fsp3) is 0.600. The molecule has 8 nitrogen and oxygen atoms in total. The summed E-state index contributed by atoms with van der Waals surface area (Å²) in [6.45, 7) is 5.03. The number of hydrogen-bond acceptors (Lipinski definition) is 5. The summed E-state index contributed by atoms with van der Waals surface area (Å²) in [6, 6.07) is 4.00. The topological polar surface area (TPSA) is 111 Å². The number of carboxylic acid groups (broad SMARTS) is 2. The summed E-state index contributed by atoms with van der Waals surface area (Å²) < 4.78 is 63.5. The van der Waals surface area contributed by atoms with E-state index in [2.05, 4.69) is 9.88 Å². The van der Waals surface area contributed by atoms with Crippen LogP contribution in [-0.4, -0.2) is 81.4 Å². The number of carbonyl (C=O) groups excluding carboxylic acids is 1. The molecule has 0 aromatic carbocycles. The summed E-state index contributed by atoms with van der Waals surface area (Å²) >= 11 is 0. The molecule has 2 saturated heterocycles. The summed E-state index contributed by atoms with van der Waals surface area (Å²) in [4.78, 5) is 38.9. The molecule has 3 fully saturated rings. The highest BCUT2D eigenvalue weighted by atomic mass is 19.4. The molecule has 2 aliphatic heterocycles. The third-order valence-corrected chi connectivity index (χ3v) is 5.42. The van der Waals surface area contributed by atoms with Gasteiger partial charge in [0.2, 0.25) is 5.91 Å². The van der Waals surface area contributed by atoms with E-state index in [0.717, 1.165) is 32.1 Å². The van der Waals surface area contributed by atoms with Crippen LogP contribution in [0.3, 0.4) is 0 Å². The van der Waals surface area contributed by atoms with Crippen molar-refractivity contribution in [3.63, 3.8) is 0 Å². The van der Waals surface area contributed by atoms with E-state index in [0.29, 0.717) is 11.8 Å². The smallest absolute Gasteiger partial charge is 0.475 e. The van der Waals surface area contributed by atoms with Crippen molar-refractivity contribution in [3.8, 4) is 0 Å². The van der Waals surface area contributed by atoms with E-state index in [-0.39, 0.29) is 5.92 Å². The number of aromatic nitrogens is 1. The number of rotatable bonds is 4. The number of nitrogens with zero attached hydrogens (tertiary/aromatic N) is 3. The van der Waals surface area contributed by atoms with Crippen LogP contribution in [0, 0.1) is 17.8 Å². The minimum atomic E-state index is -5.08. The molecule has 14 heteroatoms. The number of fused-ring (bicyclic) bond motifs is 1. The first-order valence-electron chi connectivity index (χ1n) is 10.2. The van der Waals surface area contributed by atoms with Crippen LogP contribution in [0.1, 0.15) is 18.4 Å². The van der Waals surface area contributed by atoms with E-state index in [4.69, 9.17) is 19.8 Å². The van der Waals surface area contributed by atoms with Crippen LogP contribution >= 0.6 is 0 Å². The number of halogens is 6. The van der Waals surface area contributed by atoms with Crippen molar-refractivity contribution in [2.24, 2.45) is 17.8 Å². The third kappa shape index (κ3) is 8.47. The maximum Gasteiger partial charge on any atom is 0.490 e. The first kappa shape index (κ1) is 27.3. The molecule has 1 aromatic rings. The Balaban J connectivity index is 0.000000244. The molecular weight excluding hydrogens is 476 g/mol. The maximum absolute atomic E-state index is 12.5. The normalized spacial score (nSPS) is 22.3. The number of alkyl halides is 6. The minimum Gasteiger partial charge on any atom is -0.475 e. The number of pyridine rings is 1. The summed E-state index contributed by atoms with van der Waals surface area (Å²) in [6.07, 6.45) is -3.77. The van der Waals surface area contributed by atoms with Crippen LogP contribution in [0.2, 0.25) is 0 Å². The molecule has 0 radical (unpaired) electrons. The van der Waals surface area contributed by atoms with E-state index in [1.54, 1.807) is 12.4 Å². The zero-order valence-corrected chi connectivity index (χ0v) is 17.7. The fourth-order valence-electron chi connectivity index (χ4n) is 3.70. The lowest BCUT2D eigenvalue weighted by molar-refractivity contribution is -0.193. The van der Waals surface area contributed by atoms with E-state index in [1.165, 1.54) is 24.9 Å². The highest BCUT2D eigenvalue weighted by Gasteiger charge is 2.46. The quantitative estimate of drug-likeness (QED) is 0.613. The second kappa shape index (κ2) is 11.0. The average molecular weight is 499 g/mol. The second-order valence-electron chi connectivity index (χ2n) is 8.21. The number of likely N-dealkylation sites (tertiary alicyclic amines) is 2. The van der Waals surface area contributed by atoms with Crippen molar-refractivity contribution < 1.29 is 50.9 Å². The van der Waals surface area contributed by atoms with Gasteiger partial charge in [-0.15, -0.1) is 0 Å². The van der Waals surface area contributed by atoms with Gasteiger partial charge >= 0.3 is 24.3 Å². The third-order valence-electron chi connectivity index (χ3n) is 5.42. The molecule has 1 saturated carbocycles. The van der Waals surface area contributed by atoms with Crippen LogP contribution < -0.4 is 0 Å². The van der Waals surface area contributed by atoms with Crippen molar-refractivity contribution in [2.75, 3.05) is 26.2 Å². The number of amides is 1. The zero-order chi connectivity index (χ0) is 25.7. The lowest BCUT2D eigenvalue weighted by atomic mass is 10.0. The predicted molar refractivity (Wildman–Crippen MR) is 103 cm³/mol. The number of carboxylic acids is 2. The van der Waals surface area contributed by atoms with E-state index < -0.39 is 24.3 Å². The van der Waals surface area contributed by atoms with Crippen LogP contribution in [0.25, 0.3) is 0 Å². The van der Waals surface area contributed by atoms with E-state index >= 15 is 0 Å². The summed E-state index contributed by atoms with van der Waals surface area (Å²) in [5.41, 5.74) is 1.18. The lowest BCUT2D eigenvalue weighted by Gasteiger charge is -2.21. The number of aliphatic carboxylic acids is 2. The molecular formula is C20H23F6N3O5. The summed E-state index contributed by atoms with van der Waals surface area (Å²) in [5.74, 6) is -3.40. The van der Waals surface area contributed by atoms with E-state index in [9.17, 15) is 31.1 Å². The molecule has 190 valence electrons. The van der Waals surface area contributed by atoms with Crippen molar-refractivity contribution in [1.82, 2.24) is 14.8 Å². The van der Waals surface area contributed by atoms with E-state index in [1.807, 2.05) is 17.0 Å². The Labute approximate surface area is 190 Å². The molecule has 1 aromatic heterocycles. The van der Waals surface area contributed by atoms with Gasteiger partial charge in [-0.3, -0.25) is 9.78 Å². The van der Waals surface area contributed by atoms with Gasteiger partial charge < -0.3 is 20.0 Å². The summed E-state index contributed by atoms with van der Waals surface area (Å²) in [5, 5.41) is 14.2. The highest BCUT2D eigenvalue weighted by molar-refractivity contribution is 5.82. The molecule has 0 spiro atoms. The number of hydrogen-bond donors (Lipinski definition) is 2. The van der Waals surface area contributed by atoms with Gasteiger partial charge in [-0.25, -0.2) is 9.59 Å². The Morgan fingerprint density at radius 2 is 1.44 bits per heavy atom. The predicted octanol–water partition coefficient (Wildman–Crippen LogP) is 2.65. The van der Waals surface area contributed by atoms with Crippen molar-refractivity contribution in [2.45, 2.75) is 31.7 Å². The Kier molecular flexibility index (Phi) is 8.86. The van der Waals surface area contributed by atoms with Crippen LogP contribution in [0.5, 0.6) is 0 Å². The molecule has 3 heterocycles. The Bertz CT molecular complexity index is 836. The molecule has 1 amide bonds. The molecule has 3 aliphatic rings. The Morgan fingerprint density at radius 1 is 0.941 bits per heavy atom. The average Bonchev–Trinajstić information content (AvgIpc) is 3.38. The first-order valence-corrected chi connectivity index (χ1v) is 10.2. The van der Waals surface area contributed by atoms with Crippen molar-refractivity contribution in [1.29, 1.82) is 0 Å². The zero-order valence-electron chi connectivity index (χ0n) is 17.7. The van der Waals surface area contributed by atoms with Gasteiger partial charge in [0, 0.05) is 51.0 Å². The second-order valence-corrected chi connectivity index (χ2v) is 8.21. The van der Waals surface area contributed by atoms with Gasteiger partial charge in [0.05, 0.1) is 5.92 Å². The van der Waals surface area contributed by atoms with Gasteiger partial charge in [0.15, 0.2) is 0 Å². The monoisotopic (exact) mass is 499 g/mol. The maximum atomic E-state index is 12.5. The van der Waals surface area contributed by atoms with Gasteiger partial charge in [-0.2, -0.15) is 26.3 Å². The summed E-state index contributed by atoms with van der Waals surface area (Å²) in [7, 11) is 0. The Morgan fingerprint density at radius 3 is 1.85 bits per heavy atom. The van der Waals surface area contributed by atoms with Crippen LogP contribution in [0.15, 0.2) is 24.5 Å². The molecule has 0 bridgehead atoms. The molecule has 2 atom stereocenters. The SMILES string of the molecule is O=C(O)C(F)(F)F.O=C(O)C(F)(F)F.O=C1[C@H]2CN(CC3CC3)C[C@H]2CN1Cc1ccncc1. The number of carbonyl (C=O) groups is 3. The molecule has 0 unspecified atom stereocenters. The van der Waals surface area contributed by atoms with Crippen molar-refractivity contribution >= 4 is 17.8 Å². The molecule has 34 heavy (non-hydrogen) atoms. The molecule has 2 N–H and O–H groups in total. The van der Waals surface area contributed by atoms with Gasteiger partial charge in [0.25, 0.3) is 0 Å². The standard InChI is InChI=1S/C16H21N3O.2C2HF3O2/c20-16-15-11-18(7-12-1-2-12)9-14(15)10-19(16)8-13-3-5-17-6-4-13;2*3-2(4,5)1(6)7/h3-6,12,14-15H,1-2,7-11H2;2*(H,6,7)/t14-,15-;;/m0../s1. The fourth-order valence-corrected chi connectivity index (χ4v) is 3.70. The Hall–Kier alpha value is -2.90. The largest absolute Gasteiger partial charge is 0.490 e. The van der Waals surface area contributed by atoms with Crippen LogP contribution in [0.4, 0.5) is 26.3 Å². The van der Waals surface area contributed by atoms with Crippen molar-refractivity contribution in [3.05, 3.63) is 30.1 Å². The first-order chi connectivity index (χ1) is 15.7. The molecule has 1 aliphatic carbocycles. The molecule has 4 rings (SSSR count). The minimum absolute atomic E-state index is 0.260. The van der Waals surface area contributed by atoms with Gasteiger partial charge in [0.1, 0.15) is 0 Å².